The van der Waals surface area contributed by atoms with Gasteiger partial charge in [-0.05, 0) is 132 Å². The van der Waals surface area contributed by atoms with Gasteiger partial charge in [0.25, 0.3) is 0 Å². The van der Waals surface area contributed by atoms with E-state index >= 15 is 0 Å². The fraction of sp³-hybridized carbons (Fsp3) is 0.600. The van der Waals surface area contributed by atoms with Crippen LogP contribution in [0.3, 0.4) is 0 Å². The van der Waals surface area contributed by atoms with Crippen LogP contribution in [0.1, 0.15) is 217 Å². The summed E-state index contributed by atoms with van der Waals surface area (Å²) in [6.07, 6.45) is 26.4. The van der Waals surface area contributed by atoms with Gasteiger partial charge < -0.3 is 0 Å². The van der Waals surface area contributed by atoms with Gasteiger partial charge in [0.05, 0.1) is 0 Å². The Labute approximate surface area is 398 Å². The van der Waals surface area contributed by atoms with E-state index in [1.807, 2.05) is 0 Å². The second kappa shape index (κ2) is 24.4. The highest BCUT2D eigenvalue weighted by atomic mass is 79.9. The minimum Gasteiger partial charge on any atom is -0.0654 e. The molecule has 4 atom stereocenters. The summed E-state index contributed by atoms with van der Waals surface area (Å²) in [6.45, 7) is 23.5. The Morgan fingerprint density at radius 2 is 0.629 bits per heavy atom. The zero-order chi connectivity index (χ0) is 44.9. The Kier molecular flexibility index (Phi) is 20.0. The lowest BCUT2D eigenvalue weighted by molar-refractivity contribution is 0.266. The highest BCUT2D eigenvalue weighted by molar-refractivity contribution is 9.10. The molecule has 0 amide bonds. The highest BCUT2D eigenvalue weighted by Crippen LogP contribution is 2.58. The lowest BCUT2D eigenvalue weighted by Crippen LogP contribution is -2.31. The molecule has 0 radical (unpaired) electrons. The highest BCUT2D eigenvalue weighted by Gasteiger charge is 2.47. The zero-order valence-electron chi connectivity index (χ0n) is 41.1. The van der Waals surface area contributed by atoms with Crippen molar-refractivity contribution in [3.63, 3.8) is 0 Å². The summed E-state index contributed by atoms with van der Waals surface area (Å²) in [5.41, 5.74) is 15.5. The molecule has 2 aliphatic carbocycles. The molecule has 0 fully saturated rings. The Balaban J connectivity index is 0.000000234. The molecule has 4 aromatic carbocycles. The van der Waals surface area contributed by atoms with Crippen LogP contribution in [0, 0.1) is 37.5 Å². The number of hydrogen-bond acceptors (Lipinski definition) is 0. The maximum absolute atomic E-state index is 3.82. The molecular formula is C60H86Br2. The Hall–Kier alpha value is -2.16. The first-order valence-electron chi connectivity index (χ1n) is 25.8. The van der Waals surface area contributed by atoms with E-state index in [1.165, 1.54) is 171 Å². The Bertz CT molecular complexity index is 1700. The molecule has 0 spiro atoms. The number of unbranched alkanes of at least 4 members (excludes halogenated alkanes) is 4. The molecular weight excluding hydrogens is 880 g/mol. The predicted octanol–water partition coefficient (Wildman–Crippen LogP) is 20.5. The van der Waals surface area contributed by atoms with E-state index in [2.05, 4.69) is 174 Å². The fourth-order valence-electron chi connectivity index (χ4n) is 12.0. The average Bonchev–Trinajstić information content (AvgIpc) is 3.67. The van der Waals surface area contributed by atoms with Crippen LogP contribution in [0.15, 0.2) is 81.7 Å². The van der Waals surface area contributed by atoms with Gasteiger partial charge in [-0.25, -0.2) is 0 Å². The van der Waals surface area contributed by atoms with Gasteiger partial charge >= 0.3 is 0 Å². The lowest BCUT2D eigenvalue weighted by Gasteiger charge is -2.39. The van der Waals surface area contributed by atoms with Crippen molar-refractivity contribution >= 4 is 31.9 Å². The van der Waals surface area contributed by atoms with Gasteiger partial charge in [0, 0.05) is 19.8 Å². The van der Waals surface area contributed by atoms with Gasteiger partial charge in [-0.15, -0.1) is 0 Å². The van der Waals surface area contributed by atoms with Crippen LogP contribution in [0.5, 0.6) is 0 Å². The fourth-order valence-corrected chi connectivity index (χ4v) is 12.7. The van der Waals surface area contributed by atoms with Crippen molar-refractivity contribution in [2.75, 3.05) is 0 Å². The molecule has 0 aliphatic heterocycles. The molecule has 0 nitrogen and oxygen atoms in total. The summed E-state index contributed by atoms with van der Waals surface area (Å²) in [7, 11) is 0. The van der Waals surface area contributed by atoms with Crippen molar-refractivity contribution in [2.45, 2.75) is 208 Å². The van der Waals surface area contributed by atoms with E-state index in [4.69, 9.17) is 0 Å². The van der Waals surface area contributed by atoms with E-state index in [0.29, 0.717) is 0 Å². The quantitative estimate of drug-likeness (QED) is 0.0656. The van der Waals surface area contributed by atoms with Crippen molar-refractivity contribution in [1.29, 1.82) is 0 Å². The summed E-state index contributed by atoms with van der Waals surface area (Å²) >= 11 is 7.63. The monoisotopic (exact) mass is 965 g/mol. The number of rotatable bonds is 24. The molecule has 0 N–H and O–H groups in total. The van der Waals surface area contributed by atoms with Crippen LogP contribution in [0.2, 0.25) is 0 Å². The van der Waals surface area contributed by atoms with Crippen molar-refractivity contribution < 1.29 is 0 Å². The van der Waals surface area contributed by atoms with Crippen LogP contribution < -0.4 is 0 Å². The molecule has 0 saturated carbocycles. The second-order valence-electron chi connectivity index (χ2n) is 20.1. The molecule has 6 rings (SSSR count). The summed E-state index contributed by atoms with van der Waals surface area (Å²) in [5, 5.41) is 0. The molecule has 4 aromatic rings. The van der Waals surface area contributed by atoms with E-state index in [0.717, 1.165) is 23.7 Å². The first-order chi connectivity index (χ1) is 30.0. The van der Waals surface area contributed by atoms with Crippen molar-refractivity contribution in [2.24, 2.45) is 23.7 Å². The lowest BCUT2D eigenvalue weighted by atomic mass is 9.65. The molecule has 2 heteroatoms. The predicted molar refractivity (Wildman–Crippen MR) is 282 cm³/mol. The van der Waals surface area contributed by atoms with Crippen molar-refractivity contribution in [1.82, 2.24) is 0 Å². The average molecular weight is 967 g/mol. The molecule has 62 heavy (non-hydrogen) atoms. The maximum atomic E-state index is 3.82. The SMILES string of the molecule is CCCCC(CC)CC1(CC(CC)CCCC)c2cc(Br)ccc2-c2ccc(Br)cc21.CCCCC(CC)CC1(CC(CC)CCCC)c2cc(C)ccc2-c2ccc(C)cc21. The standard InChI is InChI=1S/C31H46.C29H40Br2/c1-7-11-13-25(9-3)21-31(22-26(10-4)14-12-8-2)29-19-23(5)15-17-27(29)28-18-16-24(6)20-30(28)31;1-5-9-11-21(7-3)19-29(20-22(8-4)12-10-6-2)27-17-23(30)13-15-25(27)26-16-14-24(31)18-28(26)29/h15-20,25-26H,7-14,21-22H2,1-6H3;13-18,21-22H,5-12,19-20H2,1-4H3. The maximum Gasteiger partial charge on any atom is 0.0221 e. The van der Waals surface area contributed by atoms with Gasteiger partial charge in [0.15, 0.2) is 0 Å². The van der Waals surface area contributed by atoms with Gasteiger partial charge in [-0.2, -0.15) is 0 Å². The first-order valence-corrected chi connectivity index (χ1v) is 27.4. The number of benzene rings is 4. The number of hydrogen-bond donors (Lipinski definition) is 0. The van der Waals surface area contributed by atoms with Crippen LogP contribution >= 0.6 is 31.9 Å². The summed E-state index contributed by atoms with van der Waals surface area (Å²) in [4.78, 5) is 0. The van der Waals surface area contributed by atoms with Gasteiger partial charge in [-0.1, -0.05) is 250 Å². The number of halogens is 2. The van der Waals surface area contributed by atoms with Crippen LogP contribution in [-0.4, -0.2) is 0 Å². The molecule has 340 valence electrons. The van der Waals surface area contributed by atoms with Gasteiger partial charge in [0.2, 0.25) is 0 Å². The zero-order valence-corrected chi connectivity index (χ0v) is 44.3. The molecule has 0 aromatic heterocycles. The molecule has 0 heterocycles. The van der Waals surface area contributed by atoms with Crippen LogP contribution in [-0.2, 0) is 10.8 Å². The Morgan fingerprint density at radius 1 is 0.371 bits per heavy atom. The van der Waals surface area contributed by atoms with Crippen LogP contribution in [0.4, 0.5) is 0 Å². The molecule has 2 aliphatic rings. The minimum atomic E-state index is 0.126. The third kappa shape index (κ3) is 11.8. The van der Waals surface area contributed by atoms with Crippen molar-refractivity contribution in [3.8, 4) is 22.3 Å². The van der Waals surface area contributed by atoms with Gasteiger partial charge in [-0.3, -0.25) is 0 Å². The summed E-state index contributed by atoms with van der Waals surface area (Å²) < 4.78 is 2.43. The third-order valence-corrected chi connectivity index (χ3v) is 16.7. The van der Waals surface area contributed by atoms with Gasteiger partial charge in [0.1, 0.15) is 0 Å². The molecule has 0 bridgehead atoms. The van der Waals surface area contributed by atoms with E-state index in [9.17, 15) is 0 Å². The third-order valence-electron chi connectivity index (χ3n) is 15.7. The minimum absolute atomic E-state index is 0.126. The molecule has 0 saturated heterocycles. The summed E-state index contributed by atoms with van der Waals surface area (Å²) in [6, 6.07) is 28.6. The number of fused-ring (bicyclic) bond motifs is 6. The number of aryl methyl sites for hydroxylation is 2. The topological polar surface area (TPSA) is 0 Å². The summed E-state index contributed by atoms with van der Waals surface area (Å²) in [5.74, 6) is 3.17. The normalized spacial score (nSPS) is 16.1. The first kappa shape index (κ1) is 50.8. The largest absolute Gasteiger partial charge is 0.0654 e. The van der Waals surface area contributed by atoms with E-state index < -0.39 is 0 Å². The smallest absolute Gasteiger partial charge is 0.0221 e. The van der Waals surface area contributed by atoms with Crippen LogP contribution in [0.25, 0.3) is 22.3 Å². The molecule has 4 unspecified atom stereocenters. The Morgan fingerprint density at radius 3 is 0.887 bits per heavy atom. The van der Waals surface area contributed by atoms with Crippen molar-refractivity contribution in [3.05, 3.63) is 115 Å². The van der Waals surface area contributed by atoms with E-state index in [1.54, 1.807) is 22.3 Å². The van der Waals surface area contributed by atoms with E-state index in [-0.39, 0.29) is 10.8 Å². The second-order valence-corrected chi connectivity index (χ2v) is 22.0.